The Labute approximate surface area is 109 Å². The van der Waals surface area contributed by atoms with Crippen LogP contribution in [0.4, 0.5) is 5.69 Å². The molecule has 1 heterocycles. The molecule has 96 valence electrons. The number of carboxylic acid groups (broad SMARTS) is 1. The van der Waals surface area contributed by atoms with Crippen LogP contribution in [0, 0.1) is 6.92 Å². The molecule has 1 aromatic carbocycles. The number of rotatable bonds is 3. The Morgan fingerprint density at radius 1 is 1.21 bits per heavy atom. The minimum Gasteiger partial charge on any atom is -0.478 e. The average molecular weight is 256 g/mol. The number of aromatic nitrogens is 1. The first kappa shape index (κ1) is 12.8. The van der Waals surface area contributed by atoms with Crippen molar-refractivity contribution in [3.63, 3.8) is 0 Å². The number of hydrogen-bond donors (Lipinski definition) is 2. The van der Waals surface area contributed by atoms with Gasteiger partial charge in [-0.3, -0.25) is 9.78 Å². The summed E-state index contributed by atoms with van der Waals surface area (Å²) >= 11 is 0. The smallest absolute Gasteiger partial charge is 0.335 e. The second-order valence-corrected chi connectivity index (χ2v) is 4.01. The van der Waals surface area contributed by atoms with E-state index in [9.17, 15) is 9.59 Å². The lowest BCUT2D eigenvalue weighted by molar-refractivity contribution is 0.0696. The number of carboxylic acids is 1. The molecule has 19 heavy (non-hydrogen) atoms. The minimum absolute atomic E-state index is 0.121. The van der Waals surface area contributed by atoms with Crippen LogP contribution in [0.15, 0.2) is 42.6 Å². The largest absolute Gasteiger partial charge is 0.478 e. The molecule has 2 rings (SSSR count). The van der Waals surface area contributed by atoms with Gasteiger partial charge in [0.05, 0.1) is 5.56 Å². The highest BCUT2D eigenvalue weighted by molar-refractivity contribution is 6.04. The number of nitrogens with zero attached hydrogens (tertiary/aromatic N) is 1. The number of anilines is 1. The normalized spacial score (nSPS) is 9.95. The fraction of sp³-hybridized carbons (Fsp3) is 0.0714. The van der Waals surface area contributed by atoms with Crippen LogP contribution in [0.1, 0.15) is 26.4 Å². The van der Waals surface area contributed by atoms with Crippen molar-refractivity contribution in [3.05, 3.63) is 59.4 Å². The summed E-state index contributed by atoms with van der Waals surface area (Å²) in [7, 11) is 0. The number of carbonyl (C=O) groups excluding carboxylic acids is 1. The van der Waals surface area contributed by atoms with E-state index in [2.05, 4.69) is 10.3 Å². The van der Waals surface area contributed by atoms with Crippen molar-refractivity contribution in [1.29, 1.82) is 0 Å². The predicted molar refractivity (Wildman–Crippen MR) is 70.3 cm³/mol. The van der Waals surface area contributed by atoms with Crippen LogP contribution in [-0.2, 0) is 0 Å². The Bertz CT molecular complexity index is 638. The molecule has 0 radical (unpaired) electrons. The van der Waals surface area contributed by atoms with Gasteiger partial charge in [-0.1, -0.05) is 12.1 Å². The van der Waals surface area contributed by atoms with Crippen LogP contribution in [-0.4, -0.2) is 22.0 Å². The molecule has 1 amide bonds. The summed E-state index contributed by atoms with van der Waals surface area (Å²) in [6, 6.07) is 9.60. The molecule has 0 fully saturated rings. The Hall–Kier alpha value is -2.69. The summed E-state index contributed by atoms with van der Waals surface area (Å²) in [4.78, 5) is 26.8. The van der Waals surface area contributed by atoms with Crippen LogP contribution in [0.2, 0.25) is 0 Å². The third-order valence-electron chi connectivity index (χ3n) is 2.59. The van der Waals surface area contributed by atoms with E-state index in [0.29, 0.717) is 11.4 Å². The lowest BCUT2D eigenvalue weighted by atomic mass is 10.2. The zero-order valence-corrected chi connectivity index (χ0v) is 10.3. The van der Waals surface area contributed by atoms with E-state index in [1.807, 2.05) is 0 Å². The summed E-state index contributed by atoms with van der Waals surface area (Å²) in [6.07, 6.45) is 1.54. The molecule has 1 aromatic heterocycles. The first-order valence-electron chi connectivity index (χ1n) is 5.64. The lowest BCUT2D eigenvalue weighted by Gasteiger charge is -2.07. The summed E-state index contributed by atoms with van der Waals surface area (Å²) in [6.45, 7) is 1.79. The lowest BCUT2D eigenvalue weighted by Crippen LogP contribution is -2.15. The Balaban J connectivity index is 2.22. The fourth-order valence-electron chi connectivity index (χ4n) is 1.64. The first-order chi connectivity index (χ1) is 9.08. The van der Waals surface area contributed by atoms with E-state index in [1.54, 1.807) is 31.2 Å². The van der Waals surface area contributed by atoms with E-state index in [0.717, 1.165) is 5.56 Å². The van der Waals surface area contributed by atoms with Crippen LogP contribution in [0.5, 0.6) is 0 Å². The van der Waals surface area contributed by atoms with Crippen molar-refractivity contribution < 1.29 is 14.7 Å². The number of hydrogen-bond acceptors (Lipinski definition) is 3. The molecule has 0 saturated carbocycles. The number of benzene rings is 1. The van der Waals surface area contributed by atoms with Gasteiger partial charge in [0.25, 0.3) is 5.91 Å². The van der Waals surface area contributed by atoms with Gasteiger partial charge in [0.2, 0.25) is 0 Å². The number of pyridine rings is 1. The van der Waals surface area contributed by atoms with Crippen molar-refractivity contribution in [2.45, 2.75) is 6.92 Å². The highest BCUT2D eigenvalue weighted by Gasteiger charge is 2.11. The molecule has 0 unspecified atom stereocenters. The van der Waals surface area contributed by atoms with Crippen molar-refractivity contribution in [3.8, 4) is 0 Å². The minimum atomic E-state index is -1.04. The van der Waals surface area contributed by atoms with Crippen molar-refractivity contribution in [2.24, 2.45) is 0 Å². The SMILES string of the molecule is Cc1cccnc1C(=O)Nc1cccc(C(=O)O)c1. The van der Waals surface area contributed by atoms with Crippen molar-refractivity contribution in [1.82, 2.24) is 4.98 Å². The molecule has 0 spiro atoms. The van der Waals surface area contributed by atoms with E-state index in [-0.39, 0.29) is 11.5 Å². The van der Waals surface area contributed by atoms with Crippen molar-refractivity contribution >= 4 is 17.6 Å². The molecule has 0 aliphatic heterocycles. The maximum absolute atomic E-state index is 12.0. The quantitative estimate of drug-likeness (QED) is 0.883. The van der Waals surface area contributed by atoms with Gasteiger partial charge in [0.1, 0.15) is 5.69 Å². The fourth-order valence-corrected chi connectivity index (χ4v) is 1.64. The number of carbonyl (C=O) groups is 2. The average Bonchev–Trinajstić information content (AvgIpc) is 2.39. The predicted octanol–water partition coefficient (Wildman–Crippen LogP) is 2.34. The first-order valence-corrected chi connectivity index (χ1v) is 5.64. The third kappa shape index (κ3) is 2.95. The van der Waals surface area contributed by atoms with Gasteiger partial charge >= 0.3 is 5.97 Å². The second kappa shape index (κ2) is 5.30. The maximum atomic E-state index is 12.0. The third-order valence-corrected chi connectivity index (χ3v) is 2.59. The van der Waals surface area contributed by atoms with Crippen molar-refractivity contribution in [2.75, 3.05) is 5.32 Å². The Kier molecular flexibility index (Phi) is 3.56. The molecule has 0 saturated heterocycles. The zero-order chi connectivity index (χ0) is 13.8. The highest BCUT2D eigenvalue weighted by Crippen LogP contribution is 2.13. The molecule has 5 nitrogen and oxygen atoms in total. The molecule has 5 heteroatoms. The summed E-state index contributed by atoms with van der Waals surface area (Å²) in [5.41, 5.74) is 1.63. The Morgan fingerprint density at radius 3 is 2.68 bits per heavy atom. The van der Waals surface area contributed by atoms with Gasteiger partial charge in [-0.25, -0.2) is 4.79 Å². The number of aromatic carboxylic acids is 1. The van der Waals surface area contributed by atoms with E-state index in [4.69, 9.17) is 5.11 Å². The van der Waals surface area contributed by atoms with Gasteiger partial charge in [-0.15, -0.1) is 0 Å². The molecular weight excluding hydrogens is 244 g/mol. The number of amides is 1. The molecule has 2 N–H and O–H groups in total. The van der Waals surface area contributed by atoms with E-state index in [1.165, 1.54) is 18.3 Å². The monoisotopic (exact) mass is 256 g/mol. The van der Waals surface area contributed by atoms with Gasteiger partial charge in [0, 0.05) is 11.9 Å². The molecule has 0 aliphatic rings. The van der Waals surface area contributed by atoms with E-state index < -0.39 is 5.97 Å². The number of aryl methyl sites for hydroxylation is 1. The molecule has 0 bridgehead atoms. The summed E-state index contributed by atoms with van der Waals surface area (Å²) in [5, 5.41) is 11.5. The van der Waals surface area contributed by atoms with E-state index >= 15 is 0 Å². The van der Waals surface area contributed by atoms with Crippen LogP contribution < -0.4 is 5.32 Å². The van der Waals surface area contributed by atoms with Gasteiger partial charge in [-0.05, 0) is 36.8 Å². The molecular formula is C14H12N2O3. The van der Waals surface area contributed by atoms with Crippen LogP contribution in [0.3, 0.4) is 0 Å². The Morgan fingerprint density at radius 2 is 2.00 bits per heavy atom. The highest BCUT2D eigenvalue weighted by atomic mass is 16.4. The van der Waals surface area contributed by atoms with Gasteiger partial charge in [-0.2, -0.15) is 0 Å². The summed E-state index contributed by atoms with van der Waals surface area (Å²) in [5.74, 6) is -1.40. The van der Waals surface area contributed by atoms with Crippen LogP contribution in [0.25, 0.3) is 0 Å². The molecule has 0 aliphatic carbocycles. The van der Waals surface area contributed by atoms with Gasteiger partial charge in [0.15, 0.2) is 0 Å². The zero-order valence-electron chi connectivity index (χ0n) is 10.3. The second-order valence-electron chi connectivity index (χ2n) is 4.01. The standard InChI is InChI=1S/C14H12N2O3/c1-9-4-3-7-15-12(9)13(17)16-11-6-2-5-10(8-11)14(18)19/h2-8H,1H3,(H,16,17)(H,18,19). The summed E-state index contributed by atoms with van der Waals surface area (Å²) < 4.78 is 0. The van der Waals surface area contributed by atoms with Crippen LogP contribution >= 0.6 is 0 Å². The van der Waals surface area contributed by atoms with Gasteiger partial charge < -0.3 is 10.4 Å². The molecule has 0 atom stereocenters. The topological polar surface area (TPSA) is 79.3 Å². The molecule has 2 aromatic rings. The number of nitrogens with one attached hydrogen (secondary N) is 1. The maximum Gasteiger partial charge on any atom is 0.335 e.